The number of aryl methyl sites for hydroxylation is 3. The van der Waals surface area contributed by atoms with Gasteiger partial charge in [0.15, 0.2) is 16.9 Å². The third-order valence-electron chi connectivity index (χ3n) is 1.85. The minimum atomic E-state index is 0.00629. The normalized spacial score (nSPS) is 10.6. The summed E-state index contributed by atoms with van der Waals surface area (Å²) in [6.45, 7) is 6.31. The first-order chi connectivity index (χ1) is 6.00. The molecule has 0 bridgehead atoms. The van der Waals surface area contributed by atoms with Crippen LogP contribution in [0.4, 0.5) is 0 Å². The Morgan fingerprint density at radius 1 is 1.00 bits per heavy atom. The highest BCUT2D eigenvalue weighted by Gasteiger charge is 2.12. The van der Waals surface area contributed by atoms with E-state index >= 15 is 0 Å². The summed E-state index contributed by atoms with van der Waals surface area (Å²) in [7, 11) is 0. The van der Waals surface area contributed by atoms with Crippen molar-refractivity contribution in [2.24, 2.45) is 0 Å². The fourth-order valence-electron chi connectivity index (χ4n) is 1.46. The van der Waals surface area contributed by atoms with Gasteiger partial charge in [-0.3, -0.25) is 4.18 Å². The van der Waals surface area contributed by atoms with Gasteiger partial charge in [0.1, 0.15) is 12.5 Å². The summed E-state index contributed by atoms with van der Waals surface area (Å²) in [5.74, 6) is 1.05. The van der Waals surface area contributed by atoms with Crippen LogP contribution in [0.5, 0.6) is 5.75 Å². The van der Waals surface area contributed by atoms with Gasteiger partial charge in [0, 0.05) is 0 Å². The van der Waals surface area contributed by atoms with Crippen molar-refractivity contribution in [3.05, 3.63) is 28.8 Å². The molecule has 72 valence electrons. The molecule has 0 atom stereocenters. The topological polar surface area (TPSA) is 9.23 Å². The highest BCUT2D eigenvalue weighted by atomic mass is 32.2. The van der Waals surface area contributed by atoms with E-state index in [9.17, 15) is 0 Å². The Hall–Kier alpha value is -0.630. The van der Waals surface area contributed by atoms with Gasteiger partial charge in [0.2, 0.25) is 0 Å². The highest BCUT2D eigenvalue weighted by molar-refractivity contribution is 7.91. The van der Waals surface area contributed by atoms with Crippen LogP contribution >= 0.6 is 0 Å². The molecule has 1 nitrogen and oxygen atoms in total. The smallest absolute Gasteiger partial charge is 0.193 e. The maximum absolute atomic E-state index is 5.76. The molecule has 1 aromatic rings. The van der Waals surface area contributed by atoms with E-state index in [1.165, 1.54) is 16.7 Å². The molecule has 1 rings (SSSR count). The molecular formula is C11H17OS+. The standard InChI is InChI=1S/C11H17OS/c1-8-6-9(2)11(10(3)7-8)12-13(4)5/h6-7H,1-5H3/q+1. The van der Waals surface area contributed by atoms with E-state index in [1.807, 2.05) is 0 Å². The lowest BCUT2D eigenvalue weighted by atomic mass is 10.1. The maximum Gasteiger partial charge on any atom is 0.193 e. The van der Waals surface area contributed by atoms with Crippen molar-refractivity contribution in [3.63, 3.8) is 0 Å². The number of hydrogen-bond acceptors (Lipinski definition) is 1. The van der Waals surface area contributed by atoms with Crippen LogP contribution in [0.2, 0.25) is 0 Å². The van der Waals surface area contributed by atoms with Gasteiger partial charge in [0.25, 0.3) is 0 Å². The van der Waals surface area contributed by atoms with E-state index in [0.717, 1.165) is 5.75 Å². The Labute approximate surface area is 83.7 Å². The molecule has 13 heavy (non-hydrogen) atoms. The Kier molecular flexibility index (Phi) is 3.26. The minimum Gasteiger partial charge on any atom is -0.286 e. The van der Waals surface area contributed by atoms with Crippen molar-refractivity contribution >= 4 is 11.2 Å². The summed E-state index contributed by atoms with van der Waals surface area (Å²) in [6.07, 6.45) is 4.16. The molecule has 0 radical (unpaired) electrons. The van der Waals surface area contributed by atoms with Gasteiger partial charge in [-0.05, 0) is 31.9 Å². The average Bonchev–Trinajstić information content (AvgIpc) is 1.96. The van der Waals surface area contributed by atoms with Gasteiger partial charge >= 0.3 is 0 Å². The first-order valence-corrected chi connectivity index (χ1v) is 6.31. The van der Waals surface area contributed by atoms with E-state index in [0.29, 0.717) is 0 Å². The van der Waals surface area contributed by atoms with Gasteiger partial charge in [0.05, 0.1) is 0 Å². The SMILES string of the molecule is Cc1cc(C)c(O[S+](C)C)c(C)c1. The van der Waals surface area contributed by atoms with Crippen molar-refractivity contribution in [1.82, 2.24) is 0 Å². The zero-order chi connectivity index (χ0) is 10.0. The molecule has 2 heteroatoms. The summed E-state index contributed by atoms with van der Waals surface area (Å²) in [4.78, 5) is 0. The molecule has 0 saturated heterocycles. The summed E-state index contributed by atoms with van der Waals surface area (Å²) in [5.41, 5.74) is 3.77. The van der Waals surface area contributed by atoms with E-state index in [4.69, 9.17) is 4.18 Å². The van der Waals surface area contributed by atoms with Crippen LogP contribution in [0.15, 0.2) is 12.1 Å². The molecule has 0 spiro atoms. The van der Waals surface area contributed by atoms with Gasteiger partial charge < -0.3 is 0 Å². The van der Waals surface area contributed by atoms with Crippen molar-refractivity contribution < 1.29 is 4.18 Å². The van der Waals surface area contributed by atoms with Gasteiger partial charge in [-0.2, -0.15) is 0 Å². The molecule has 0 heterocycles. The highest BCUT2D eigenvalue weighted by Crippen LogP contribution is 2.25. The third-order valence-corrected chi connectivity index (χ3v) is 2.35. The summed E-state index contributed by atoms with van der Waals surface area (Å²) < 4.78 is 5.76. The predicted molar refractivity (Wildman–Crippen MR) is 60.5 cm³/mol. The first-order valence-electron chi connectivity index (χ1n) is 4.34. The summed E-state index contributed by atoms with van der Waals surface area (Å²) in [5, 5.41) is 0. The molecule has 0 saturated carbocycles. The first kappa shape index (κ1) is 10.5. The molecule has 0 aliphatic heterocycles. The lowest BCUT2D eigenvalue weighted by molar-refractivity contribution is 0.622. The molecule has 0 amide bonds. The molecule has 0 unspecified atom stereocenters. The third kappa shape index (κ3) is 2.66. The zero-order valence-electron chi connectivity index (χ0n) is 8.97. The van der Waals surface area contributed by atoms with Crippen LogP contribution in [0.3, 0.4) is 0 Å². The Balaban J connectivity index is 3.06. The predicted octanol–water partition coefficient (Wildman–Crippen LogP) is 2.78. The minimum absolute atomic E-state index is 0.00629. The second-order valence-electron chi connectivity index (χ2n) is 3.55. The lowest BCUT2D eigenvalue weighted by Crippen LogP contribution is -2.07. The summed E-state index contributed by atoms with van der Waals surface area (Å²) in [6, 6.07) is 4.32. The van der Waals surface area contributed by atoms with Gasteiger partial charge in [-0.1, -0.05) is 17.7 Å². The zero-order valence-corrected chi connectivity index (χ0v) is 9.79. The van der Waals surface area contributed by atoms with Crippen LogP contribution < -0.4 is 4.18 Å². The fraction of sp³-hybridized carbons (Fsp3) is 0.455. The molecule has 0 aliphatic rings. The quantitative estimate of drug-likeness (QED) is 0.662. The Morgan fingerprint density at radius 3 is 1.85 bits per heavy atom. The van der Waals surface area contributed by atoms with Crippen LogP contribution in [-0.4, -0.2) is 12.5 Å². The molecular weight excluding hydrogens is 180 g/mol. The molecule has 0 N–H and O–H groups in total. The van der Waals surface area contributed by atoms with E-state index < -0.39 is 0 Å². The maximum atomic E-state index is 5.76. The van der Waals surface area contributed by atoms with Crippen molar-refractivity contribution in [2.75, 3.05) is 12.5 Å². The van der Waals surface area contributed by atoms with Crippen LogP contribution in [0, 0.1) is 20.8 Å². The van der Waals surface area contributed by atoms with Crippen LogP contribution in [0.25, 0.3) is 0 Å². The second kappa shape index (κ2) is 4.05. The van der Waals surface area contributed by atoms with Crippen LogP contribution in [-0.2, 0) is 11.2 Å². The molecule has 0 aromatic heterocycles. The Bertz CT molecular complexity index is 282. The second-order valence-corrected chi connectivity index (χ2v) is 5.20. The number of hydrogen-bond donors (Lipinski definition) is 0. The van der Waals surface area contributed by atoms with Crippen LogP contribution in [0.1, 0.15) is 16.7 Å². The monoisotopic (exact) mass is 197 g/mol. The largest absolute Gasteiger partial charge is 0.286 e. The summed E-state index contributed by atoms with van der Waals surface area (Å²) >= 11 is 0.00629. The van der Waals surface area contributed by atoms with Crippen molar-refractivity contribution in [1.29, 1.82) is 0 Å². The van der Waals surface area contributed by atoms with E-state index in [1.54, 1.807) is 0 Å². The van der Waals surface area contributed by atoms with Crippen molar-refractivity contribution in [3.8, 4) is 5.75 Å². The van der Waals surface area contributed by atoms with Gasteiger partial charge in [-0.25, -0.2) is 0 Å². The van der Waals surface area contributed by atoms with Crippen molar-refractivity contribution in [2.45, 2.75) is 20.8 Å². The fourth-order valence-corrected chi connectivity index (χ4v) is 2.06. The van der Waals surface area contributed by atoms with E-state index in [-0.39, 0.29) is 11.2 Å². The molecule has 1 aromatic carbocycles. The molecule has 0 aliphatic carbocycles. The van der Waals surface area contributed by atoms with Gasteiger partial charge in [-0.15, -0.1) is 0 Å². The molecule has 0 fully saturated rings. The average molecular weight is 197 g/mol. The number of benzene rings is 1. The number of rotatable bonds is 2. The van der Waals surface area contributed by atoms with E-state index in [2.05, 4.69) is 45.4 Å². The lowest BCUT2D eigenvalue weighted by Gasteiger charge is -2.08. The Morgan fingerprint density at radius 2 is 1.46 bits per heavy atom.